The number of fused-ring (bicyclic) bond motifs is 4. The molecule has 2 aliphatic rings. The van der Waals surface area contributed by atoms with E-state index in [1.807, 2.05) is 36.8 Å². The Morgan fingerprint density at radius 3 is 2.84 bits per heavy atom. The molecule has 0 saturated carbocycles. The SMILES string of the molecule is CSc1ncc2c(n1)N=C1c3ccccc3N(c3cccnc3)N1C2. The molecule has 2 aromatic heterocycles. The minimum absolute atomic E-state index is 0.673. The summed E-state index contributed by atoms with van der Waals surface area (Å²) in [7, 11) is 0. The van der Waals surface area contributed by atoms with Gasteiger partial charge in [-0.3, -0.25) is 9.99 Å². The molecular weight excluding hydrogens is 332 g/mol. The smallest absolute Gasteiger partial charge is 0.189 e. The summed E-state index contributed by atoms with van der Waals surface area (Å²) in [5.74, 6) is 1.67. The van der Waals surface area contributed by atoms with Crippen molar-refractivity contribution >= 4 is 34.8 Å². The van der Waals surface area contributed by atoms with Gasteiger partial charge in [0, 0.05) is 23.5 Å². The summed E-state index contributed by atoms with van der Waals surface area (Å²) in [4.78, 5) is 18.1. The molecule has 25 heavy (non-hydrogen) atoms. The van der Waals surface area contributed by atoms with Gasteiger partial charge in [0.25, 0.3) is 0 Å². The Morgan fingerprint density at radius 1 is 1.08 bits per heavy atom. The molecule has 0 unspecified atom stereocenters. The standard InChI is InChI=1S/C18H14N6S/c1-25-18-20-9-12-11-23-17(21-16(12)22-18)14-6-2-3-7-15(14)24(23)13-5-4-8-19-10-13/h2-10H,11H2,1H3. The van der Waals surface area contributed by atoms with Gasteiger partial charge in [0.1, 0.15) is 0 Å². The average Bonchev–Trinajstić information content (AvgIpc) is 3.00. The number of para-hydroxylation sites is 1. The van der Waals surface area contributed by atoms with Crippen LogP contribution < -0.4 is 5.01 Å². The number of rotatable bonds is 2. The minimum atomic E-state index is 0.673. The zero-order valence-electron chi connectivity index (χ0n) is 13.5. The number of nitrogens with zero attached hydrogens (tertiary/aromatic N) is 6. The number of hydrogen-bond acceptors (Lipinski definition) is 7. The van der Waals surface area contributed by atoms with Gasteiger partial charge in [-0.05, 0) is 30.5 Å². The van der Waals surface area contributed by atoms with Crippen LogP contribution in [0.2, 0.25) is 0 Å². The van der Waals surface area contributed by atoms with E-state index in [1.165, 1.54) is 11.8 Å². The Kier molecular flexibility index (Phi) is 3.21. The van der Waals surface area contributed by atoms with Crippen LogP contribution in [0.1, 0.15) is 11.1 Å². The fourth-order valence-corrected chi connectivity index (χ4v) is 3.52. The molecule has 0 saturated heterocycles. The first-order valence-electron chi connectivity index (χ1n) is 7.91. The number of hydrazine groups is 1. The summed E-state index contributed by atoms with van der Waals surface area (Å²) >= 11 is 1.53. The second-order valence-corrected chi connectivity index (χ2v) is 6.51. The normalized spacial score (nSPS) is 14.7. The largest absolute Gasteiger partial charge is 0.262 e. The number of pyridine rings is 1. The third-order valence-corrected chi connectivity index (χ3v) is 4.85. The van der Waals surface area contributed by atoms with E-state index < -0.39 is 0 Å². The van der Waals surface area contributed by atoms with Crippen LogP contribution in [0, 0.1) is 0 Å². The van der Waals surface area contributed by atoms with E-state index in [9.17, 15) is 0 Å². The highest BCUT2D eigenvalue weighted by atomic mass is 32.2. The summed E-state index contributed by atoms with van der Waals surface area (Å²) in [5, 5.41) is 5.06. The van der Waals surface area contributed by atoms with Gasteiger partial charge in [0.05, 0.1) is 24.1 Å². The molecule has 0 aliphatic carbocycles. The topological polar surface area (TPSA) is 57.5 Å². The second kappa shape index (κ2) is 5.56. The fraction of sp³-hybridized carbons (Fsp3) is 0.111. The summed E-state index contributed by atoms with van der Waals surface area (Å²) in [6.45, 7) is 0.673. The lowest BCUT2D eigenvalue weighted by molar-refractivity contribution is 0.427. The average molecular weight is 346 g/mol. The van der Waals surface area contributed by atoms with Crippen molar-refractivity contribution in [3.63, 3.8) is 0 Å². The van der Waals surface area contributed by atoms with Crippen LogP contribution >= 0.6 is 11.8 Å². The van der Waals surface area contributed by atoms with E-state index in [1.54, 1.807) is 6.20 Å². The second-order valence-electron chi connectivity index (χ2n) is 5.74. The van der Waals surface area contributed by atoms with Gasteiger partial charge < -0.3 is 0 Å². The monoisotopic (exact) mass is 346 g/mol. The first-order chi connectivity index (χ1) is 12.3. The van der Waals surface area contributed by atoms with E-state index in [0.29, 0.717) is 6.54 Å². The number of aromatic nitrogens is 3. The lowest BCUT2D eigenvalue weighted by atomic mass is 10.1. The van der Waals surface area contributed by atoms with E-state index in [2.05, 4.69) is 43.2 Å². The maximum atomic E-state index is 4.85. The lowest BCUT2D eigenvalue weighted by Crippen LogP contribution is -2.39. The number of hydrogen-bond donors (Lipinski definition) is 0. The summed E-state index contributed by atoms with van der Waals surface area (Å²) < 4.78 is 0. The van der Waals surface area contributed by atoms with Gasteiger partial charge in [-0.2, -0.15) is 0 Å². The number of anilines is 2. The van der Waals surface area contributed by atoms with Crippen molar-refractivity contribution in [2.45, 2.75) is 11.7 Å². The van der Waals surface area contributed by atoms with Crippen molar-refractivity contribution in [2.75, 3.05) is 11.3 Å². The van der Waals surface area contributed by atoms with E-state index in [-0.39, 0.29) is 0 Å². The van der Waals surface area contributed by atoms with Gasteiger partial charge in [-0.1, -0.05) is 23.9 Å². The van der Waals surface area contributed by atoms with Crippen molar-refractivity contribution < 1.29 is 0 Å². The predicted molar refractivity (Wildman–Crippen MR) is 98.4 cm³/mol. The molecule has 3 aromatic rings. The van der Waals surface area contributed by atoms with Crippen LogP contribution in [0.25, 0.3) is 0 Å². The third kappa shape index (κ3) is 2.20. The number of aliphatic imine (C=N–C) groups is 1. The minimum Gasteiger partial charge on any atom is -0.262 e. The quantitative estimate of drug-likeness (QED) is 0.522. The highest BCUT2D eigenvalue weighted by Crippen LogP contribution is 2.41. The maximum Gasteiger partial charge on any atom is 0.189 e. The summed E-state index contributed by atoms with van der Waals surface area (Å²) in [6.07, 6.45) is 7.49. The van der Waals surface area contributed by atoms with Crippen molar-refractivity contribution in [3.05, 3.63) is 66.1 Å². The Bertz CT molecular complexity index is 988. The molecule has 1 aromatic carbocycles. The molecule has 2 aliphatic heterocycles. The maximum absolute atomic E-state index is 4.85. The van der Waals surface area contributed by atoms with Crippen molar-refractivity contribution in [1.29, 1.82) is 0 Å². The molecule has 7 heteroatoms. The lowest BCUT2D eigenvalue weighted by Gasteiger charge is -2.33. The van der Waals surface area contributed by atoms with Crippen LogP contribution in [0.15, 0.2) is 65.1 Å². The van der Waals surface area contributed by atoms with Crippen molar-refractivity contribution in [3.8, 4) is 0 Å². The Morgan fingerprint density at radius 2 is 2.00 bits per heavy atom. The number of thioether (sulfide) groups is 1. The molecule has 0 radical (unpaired) electrons. The zero-order valence-corrected chi connectivity index (χ0v) is 14.3. The van der Waals surface area contributed by atoms with Gasteiger partial charge >= 0.3 is 0 Å². The highest BCUT2D eigenvalue weighted by molar-refractivity contribution is 7.98. The zero-order chi connectivity index (χ0) is 16.8. The molecule has 122 valence electrons. The summed E-state index contributed by atoms with van der Waals surface area (Å²) in [6, 6.07) is 12.3. The molecule has 0 spiro atoms. The van der Waals surface area contributed by atoms with Crippen LogP contribution in [0.5, 0.6) is 0 Å². The predicted octanol–water partition coefficient (Wildman–Crippen LogP) is 3.55. The van der Waals surface area contributed by atoms with E-state index >= 15 is 0 Å². The molecule has 5 rings (SSSR count). The van der Waals surface area contributed by atoms with Crippen LogP contribution in [0.4, 0.5) is 17.2 Å². The first kappa shape index (κ1) is 14.4. The molecule has 4 heterocycles. The van der Waals surface area contributed by atoms with E-state index in [0.717, 1.165) is 39.3 Å². The Balaban J connectivity index is 1.70. The molecule has 0 atom stereocenters. The summed E-state index contributed by atoms with van der Waals surface area (Å²) in [5.41, 5.74) is 4.22. The third-order valence-electron chi connectivity index (χ3n) is 4.28. The van der Waals surface area contributed by atoms with Gasteiger partial charge in [-0.15, -0.1) is 0 Å². The van der Waals surface area contributed by atoms with Crippen molar-refractivity contribution in [2.24, 2.45) is 4.99 Å². The molecule has 0 fully saturated rings. The van der Waals surface area contributed by atoms with Crippen LogP contribution in [-0.2, 0) is 6.54 Å². The molecule has 0 bridgehead atoms. The Hall–Kier alpha value is -2.93. The van der Waals surface area contributed by atoms with Gasteiger partial charge in [-0.25, -0.2) is 20.0 Å². The van der Waals surface area contributed by atoms with Crippen molar-refractivity contribution in [1.82, 2.24) is 20.0 Å². The Labute approximate surface area is 149 Å². The van der Waals surface area contributed by atoms with Gasteiger partial charge in [0.2, 0.25) is 0 Å². The fourth-order valence-electron chi connectivity index (χ4n) is 3.18. The number of benzene rings is 1. The van der Waals surface area contributed by atoms with Gasteiger partial charge in [0.15, 0.2) is 16.8 Å². The van der Waals surface area contributed by atoms with E-state index in [4.69, 9.17) is 4.99 Å². The number of amidine groups is 1. The molecule has 6 nitrogen and oxygen atoms in total. The highest BCUT2D eigenvalue weighted by Gasteiger charge is 2.36. The van der Waals surface area contributed by atoms with Crippen LogP contribution in [-0.4, -0.2) is 32.1 Å². The first-order valence-corrected chi connectivity index (χ1v) is 9.13. The van der Waals surface area contributed by atoms with Crippen LogP contribution in [0.3, 0.4) is 0 Å². The molecule has 0 N–H and O–H groups in total. The molecular formula is C18H14N6S. The molecule has 0 amide bonds.